The predicted molar refractivity (Wildman–Crippen MR) is 132 cm³/mol. The molecule has 0 saturated heterocycles. The molecule has 3 aromatic carbocycles. The Bertz CT molecular complexity index is 1410. The average Bonchev–Trinajstić information content (AvgIpc) is 3.31. The number of carbonyl (C=O) groups excluding carboxylic acids is 1. The highest BCUT2D eigenvalue weighted by Gasteiger charge is 2.37. The Kier molecular flexibility index (Phi) is 5.97. The summed E-state index contributed by atoms with van der Waals surface area (Å²) in [4.78, 5) is 15.3. The number of aldehydes is 1. The summed E-state index contributed by atoms with van der Waals surface area (Å²) in [5.74, 6) is 1.03. The van der Waals surface area contributed by atoms with Crippen LogP contribution < -0.4 is 10.1 Å². The van der Waals surface area contributed by atoms with E-state index in [9.17, 15) is 9.18 Å². The fourth-order valence-electron chi connectivity index (χ4n) is 4.47. The summed E-state index contributed by atoms with van der Waals surface area (Å²) in [5.41, 5.74) is 3.00. The summed E-state index contributed by atoms with van der Waals surface area (Å²) in [5, 5.41) is 7.49. The molecule has 0 aliphatic carbocycles. The molecule has 35 heavy (non-hydrogen) atoms. The van der Waals surface area contributed by atoms with E-state index in [0.29, 0.717) is 17.0 Å². The summed E-state index contributed by atoms with van der Waals surface area (Å²) in [7, 11) is 1.62. The number of nitrogens with zero attached hydrogens (tertiary/aromatic N) is 3. The van der Waals surface area contributed by atoms with Gasteiger partial charge in [0.1, 0.15) is 23.1 Å². The lowest BCUT2D eigenvalue weighted by atomic mass is 9.77. The van der Waals surface area contributed by atoms with Gasteiger partial charge in [0, 0.05) is 6.42 Å². The Morgan fingerprint density at radius 3 is 2.06 bits per heavy atom. The van der Waals surface area contributed by atoms with E-state index in [0.717, 1.165) is 28.7 Å². The highest BCUT2D eigenvalue weighted by atomic mass is 19.1. The van der Waals surface area contributed by atoms with Crippen molar-refractivity contribution in [3.63, 3.8) is 0 Å². The first kappa shape index (κ1) is 22.3. The van der Waals surface area contributed by atoms with E-state index in [4.69, 9.17) is 4.74 Å². The van der Waals surface area contributed by atoms with Crippen molar-refractivity contribution in [1.29, 1.82) is 0 Å². The molecule has 6 nitrogen and oxygen atoms in total. The molecule has 0 bridgehead atoms. The van der Waals surface area contributed by atoms with Crippen LogP contribution in [0.5, 0.6) is 5.75 Å². The van der Waals surface area contributed by atoms with Gasteiger partial charge in [0.2, 0.25) is 0 Å². The minimum absolute atomic E-state index is 0.116. The molecule has 0 aliphatic rings. The molecule has 174 valence electrons. The Morgan fingerprint density at radius 1 is 0.886 bits per heavy atom. The third-order valence-corrected chi connectivity index (χ3v) is 6.10. The van der Waals surface area contributed by atoms with Crippen molar-refractivity contribution in [3.05, 3.63) is 126 Å². The molecular formula is C28H23FN4O2. The molecule has 2 aromatic heterocycles. The summed E-state index contributed by atoms with van der Waals surface area (Å²) < 4.78 is 21.5. The smallest absolute Gasteiger partial charge is 0.327 e. The van der Waals surface area contributed by atoms with Crippen LogP contribution in [0.4, 0.5) is 10.2 Å². The maximum Gasteiger partial charge on any atom is 0.327 e. The summed E-state index contributed by atoms with van der Waals surface area (Å²) in [6, 6.07) is 31.2. The standard InChI is InChI=1S/C28H23FN4O2/c1-35-24-15-12-22(13-16-24)28(20-8-4-2-5-9-20,21-10-6-3-7-11-21)31-26-25-17-14-23(18-19-34)33(25)32-27(29)30-26/h2-17,19H,18H2,1H3,(H,30,31,32). The monoisotopic (exact) mass is 466 g/mol. The Balaban J connectivity index is 1.80. The number of hydrogen-bond donors (Lipinski definition) is 1. The van der Waals surface area contributed by atoms with Crippen LogP contribution in [0.3, 0.4) is 0 Å². The molecule has 7 heteroatoms. The number of methoxy groups -OCH3 is 1. The predicted octanol–water partition coefficient (Wildman–Crippen LogP) is 5.02. The number of nitrogens with one attached hydrogen (secondary N) is 1. The minimum atomic E-state index is -0.925. The zero-order valence-corrected chi connectivity index (χ0v) is 19.1. The second-order valence-corrected chi connectivity index (χ2v) is 8.06. The van der Waals surface area contributed by atoms with Crippen LogP contribution in [-0.4, -0.2) is 28.0 Å². The van der Waals surface area contributed by atoms with Crippen LogP contribution in [0.2, 0.25) is 0 Å². The number of ether oxygens (including phenoxy) is 1. The Labute approximate surface area is 202 Å². The molecule has 0 unspecified atom stereocenters. The van der Waals surface area contributed by atoms with E-state index in [1.165, 1.54) is 4.52 Å². The number of fused-ring (bicyclic) bond motifs is 1. The number of rotatable bonds is 8. The molecule has 0 saturated carbocycles. The summed E-state index contributed by atoms with van der Waals surface area (Å²) >= 11 is 0. The number of anilines is 1. The highest BCUT2D eigenvalue weighted by molar-refractivity contribution is 5.73. The number of halogens is 1. The molecule has 0 fully saturated rings. The number of benzene rings is 3. The second kappa shape index (κ2) is 9.38. The third kappa shape index (κ3) is 4.01. The Hall–Kier alpha value is -4.52. The lowest BCUT2D eigenvalue weighted by Crippen LogP contribution is -2.38. The number of hydrogen-bond acceptors (Lipinski definition) is 5. The molecule has 5 rings (SSSR count). The van der Waals surface area contributed by atoms with Crippen molar-refractivity contribution in [2.24, 2.45) is 0 Å². The third-order valence-electron chi connectivity index (χ3n) is 6.10. The molecule has 0 amide bonds. The van der Waals surface area contributed by atoms with Gasteiger partial charge in [-0.2, -0.15) is 9.37 Å². The molecule has 0 spiro atoms. The lowest BCUT2D eigenvalue weighted by Gasteiger charge is -2.37. The number of aromatic nitrogens is 3. The van der Waals surface area contributed by atoms with Crippen LogP contribution in [-0.2, 0) is 16.8 Å². The molecule has 5 aromatic rings. The van der Waals surface area contributed by atoms with E-state index in [-0.39, 0.29) is 6.42 Å². The van der Waals surface area contributed by atoms with Gasteiger partial charge in [-0.25, -0.2) is 4.52 Å². The first-order valence-electron chi connectivity index (χ1n) is 11.2. The van der Waals surface area contributed by atoms with Gasteiger partial charge < -0.3 is 14.8 Å². The highest BCUT2D eigenvalue weighted by Crippen LogP contribution is 2.41. The molecule has 0 atom stereocenters. The van der Waals surface area contributed by atoms with Crippen LogP contribution >= 0.6 is 0 Å². The van der Waals surface area contributed by atoms with Gasteiger partial charge in [0.05, 0.1) is 12.8 Å². The van der Waals surface area contributed by atoms with E-state index < -0.39 is 11.6 Å². The van der Waals surface area contributed by atoms with Gasteiger partial charge in [-0.05, 0) is 41.0 Å². The van der Waals surface area contributed by atoms with Crippen molar-refractivity contribution in [2.45, 2.75) is 12.0 Å². The van der Waals surface area contributed by atoms with Gasteiger partial charge >= 0.3 is 6.08 Å². The molecule has 0 aliphatic heterocycles. The molecular weight excluding hydrogens is 443 g/mol. The maximum absolute atomic E-state index is 14.7. The van der Waals surface area contributed by atoms with Crippen molar-refractivity contribution < 1.29 is 13.9 Å². The van der Waals surface area contributed by atoms with Crippen LogP contribution in [0, 0.1) is 6.08 Å². The van der Waals surface area contributed by atoms with E-state index in [1.807, 2.05) is 84.9 Å². The van der Waals surface area contributed by atoms with Crippen molar-refractivity contribution in [1.82, 2.24) is 14.6 Å². The topological polar surface area (TPSA) is 68.5 Å². The SMILES string of the molecule is COc1ccc(C(Nc2nc(F)nn3c(CC=O)ccc23)(c2ccccc2)c2ccccc2)cc1. The quantitative estimate of drug-likeness (QED) is 0.257. The summed E-state index contributed by atoms with van der Waals surface area (Å²) in [6.07, 6.45) is -0.0108. The first-order valence-corrected chi connectivity index (χ1v) is 11.2. The zero-order chi connectivity index (χ0) is 24.3. The maximum atomic E-state index is 14.7. The zero-order valence-electron chi connectivity index (χ0n) is 19.1. The molecule has 2 heterocycles. The van der Waals surface area contributed by atoms with E-state index in [1.54, 1.807) is 19.2 Å². The van der Waals surface area contributed by atoms with Crippen LogP contribution in [0.1, 0.15) is 22.4 Å². The average molecular weight is 467 g/mol. The first-order chi connectivity index (χ1) is 17.2. The second-order valence-electron chi connectivity index (χ2n) is 8.06. The fourth-order valence-corrected chi connectivity index (χ4v) is 4.47. The normalized spacial score (nSPS) is 11.4. The fraction of sp³-hybridized carbons (Fsp3) is 0.107. The van der Waals surface area contributed by atoms with Gasteiger partial charge in [0.15, 0.2) is 5.82 Å². The molecule has 0 radical (unpaired) electrons. The van der Waals surface area contributed by atoms with Crippen LogP contribution in [0.25, 0.3) is 5.52 Å². The van der Waals surface area contributed by atoms with Gasteiger partial charge in [-0.3, -0.25) is 0 Å². The van der Waals surface area contributed by atoms with Crippen molar-refractivity contribution in [2.75, 3.05) is 12.4 Å². The van der Waals surface area contributed by atoms with Crippen LogP contribution in [0.15, 0.2) is 97.1 Å². The largest absolute Gasteiger partial charge is 0.497 e. The van der Waals surface area contributed by atoms with Crippen molar-refractivity contribution in [3.8, 4) is 5.75 Å². The minimum Gasteiger partial charge on any atom is -0.497 e. The van der Waals surface area contributed by atoms with E-state index in [2.05, 4.69) is 15.4 Å². The molecule has 1 N–H and O–H groups in total. The summed E-state index contributed by atoms with van der Waals surface area (Å²) in [6.45, 7) is 0. The van der Waals surface area contributed by atoms with E-state index >= 15 is 0 Å². The van der Waals surface area contributed by atoms with Crippen molar-refractivity contribution >= 4 is 17.6 Å². The lowest BCUT2D eigenvalue weighted by molar-refractivity contribution is -0.107. The van der Waals surface area contributed by atoms with Gasteiger partial charge in [-0.15, -0.1) is 5.10 Å². The van der Waals surface area contributed by atoms with Gasteiger partial charge in [-0.1, -0.05) is 72.8 Å². The Morgan fingerprint density at radius 2 is 1.49 bits per heavy atom. The van der Waals surface area contributed by atoms with Gasteiger partial charge in [0.25, 0.3) is 0 Å². The number of carbonyl (C=O) groups is 1.